The third kappa shape index (κ3) is 4.65. The molecular weight excluding hydrogens is 414 g/mol. The van der Waals surface area contributed by atoms with Gasteiger partial charge in [-0.05, 0) is 68.0 Å². The molecule has 4 rings (SSSR count). The number of fused-ring (bicyclic) bond motifs is 1. The number of rotatable bonds is 4. The first kappa shape index (κ1) is 21.5. The molecule has 2 aliphatic rings. The molecule has 1 fully saturated rings. The number of sulfonamides is 1. The molecule has 31 heavy (non-hydrogen) atoms. The van der Waals surface area contributed by atoms with Gasteiger partial charge in [-0.1, -0.05) is 18.2 Å². The van der Waals surface area contributed by atoms with Gasteiger partial charge in [0.05, 0.1) is 10.8 Å². The summed E-state index contributed by atoms with van der Waals surface area (Å²) in [6.07, 6.45) is 3.05. The molecule has 2 aliphatic heterocycles. The molecule has 8 heteroatoms. The molecular formula is C23H27N3O4S. The van der Waals surface area contributed by atoms with E-state index in [9.17, 15) is 18.0 Å². The number of nitrogens with one attached hydrogen (secondary N) is 2. The van der Waals surface area contributed by atoms with Gasteiger partial charge in [-0.15, -0.1) is 0 Å². The van der Waals surface area contributed by atoms with Crippen molar-refractivity contribution in [2.75, 3.05) is 23.7 Å². The lowest BCUT2D eigenvalue weighted by Crippen LogP contribution is -2.43. The van der Waals surface area contributed by atoms with Crippen LogP contribution < -0.4 is 10.6 Å². The number of hydrogen-bond donors (Lipinski definition) is 2. The van der Waals surface area contributed by atoms with Crippen LogP contribution >= 0.6 is 0 Å². The number of carbonyl (C=O) groups excluding carboxylic acids is 2. The van der Waals surface area contributed by atoms with E-state index in [0.717, 1.165) is 16.8 Å². The Balaban J connectivity index is 1.51. The minimum absolute atomic E-state index is 0.0482. The van der Waals surface area contributed by atoms with Gasteiger partial charge in [0.1, 0.15) is 0 Å². The molecule has 0 radical (unpaired) electrons. The summed E-state index contributed by atoms with van der Waals surface area (Å²) in [5, 5.41) is 5.77. The lowest BCUT2D eigenvalue weighted by atomic mass is 9.98. The maximum Gasteiger partial charge on any atom is 0.243 e. The van der Waals surface area contributed by atoms with E-state index in [4.69, 9.17) is 0 Å². The highest BCUT2D eigenvalue weighted by Gasteiger charge is 2.34. The van der Waals surface area contributed by atoms with Gasteiger partial charge < -0.3 is 10.6 Å². The second kappa shape index (κ2) is 8.80. The summed E-state index contributed by atoms with van der Waals surface area (Å²) < 4.78 is 28.0. The Hall–Kier alpha value is -2.71. The van der Waals surface area contributed by atoms with Gasteiger partial charge in [-0.2, -0.15) is 4.31 Å². The van der Waals surface area contributed by atoms with Gasteiger partial charge >= 0.3 is 0 Å². The second-order valence-corrected chi connectivity index (χ2v) is 10.2. The Kier molecular flexibility index (Phi) is 6.11. The van der Waals surface area contributed by atoms with Crippen molar-refractivity contribution in [1.82, 2.24) is 4.31 Å². The number of hydrogen-bond acceptors (Lipinski definition) is 4. The fourth-order valence-electron chi connectivity index (χ4n) is 4.18. The van der Waals surface area contributed by atoms with Gasteiger partial charge in [0, 0.05) is 30.9 Å². The lowest BCUT2D eigenvalue weighted by Gasteiger charge is -2.31. The average molecular weight is 442 g/mol. The number of amides is 2. The monoisotopic (exact) mass is 441 g/mol. The Morgan fingerprint density at radius 3 is 2.74 bits per heavy atom. The average Bonchev–Trinajstić information content (AvgIpc) is 2.95. The normalized spacial score (nSPS) is 19.8. The van der Waals surface area contributed by atoms with Crippen molar-refractivity contribution in [3.63, 3.8) is 0 Å². The molecule has 0 aromatic heterocycles. The van der Waals surface area contributed by atoms with Crippen LogP contribution in [0.3, 0.4) is 0 Å². The minimum Gasteiger partial charge on any atom is -0.326 e. The van der Waals surface area contributed by atoms with Gasteiger partial charge in [0.25, 0.3) is 0 Å². The topological polar surface area (TPSA) is 95.6 Å². The van der Waals surface area contributed by atoms with Crippen molar-refractivity contribution in [1.29, 1.82) is 0 Å². The number of carbonyl (C=O) groups is 2. The van der Waals surface area contributed by atoms with E-state index in [1.54, 1.807) is 12.1 Å². The summed E-state index contributed by atoms with van der Waals surface area (Å²) in [7, 11) is -3.73. The number of aryl methyl sites for hydroxylation is 2. The van der Waals surface area contributed by atoms with Crippen molar-refractivity contribution < 1.29 is 18.0 Å². The first-order chi connectivity index (χ1) is 14.8. The summed E-state index contributed by atoms with van der Waals surface area (Å²) in [6.45, 7) is 2.48. The van der Waals surface area contributed by atoms with Crippen molar-refractivity contribution >= 4 is 33.2 Å². The van der Waals surface area contributed by atoms with Gasteiger partial charge in [-0.3, -0.25) is 9.59 Å². The van der Waals surface area contributed by atoms with E-state index in [1.165, 1.54) is 10.4 Å². The van der Waals surface area contributed by atoms with E-state index >= 15 is 0 Å². The highest BCUT2D eigenvalue weighted by Crippen LogP contribution is 2.29. The molecule has 0 spiro atoms. The second-order valence-electron chi connectivity index (χ2n) is 8.23. The highest BCUT2D eigenvalue weighted by molar-refractivity contribution is 7.89. The van der Waals surface area contributed by atoms with Crippen LogP contribution in [0.5, 0.6) is 0 Å². The van der Waals surface area contributed by atoms with Crippen LogP contribution in [0.1, 0.15) is 36.8 Å². The number of piperidine rings is 1. The zero-order valence-electron chi connectivity index (χ0n) is 17.6. The third-order valence-corrected chi connectivity index (χ3v) is 7.86. The minimum atomic E-state index is -3.73. The van der Waals surface area contributed by atoms with Crippen LogP contribution in [0.2, 0.25) is 0 Å². The molecule has 1 atom stereocenters. The van der Waals surface area contributed by atoms with E-state index in [2.05, 4.69) is 10.6 Å². The molecule has 0 aliphatic carbocycles. The zero-order chi connectivity index (χ0) is 22.0. The van der Waals surface area contributed by atoms with Crippen LogP contribution in [0.4, 0.5) is 11.4 Å². The largest absolute Gasteiger partial charge is 0.326 e. The lowest BCUT2D eigenvalue weighted by molar-refractivity contribution is -0.121. The van der Waals surface area contributed by atoms with Crippen molar-refractivity contribution in [3.8, 4) is 0 Å². The van der Waals surface area contributed by atoms with Gasteiger partial charge in [-0.25, -0.2) is 8.42 Å². The number of nitrogens with zero attached hydrogens (tertiary/aromatic N) is 1. The molecule has 2 N–H and O–H groups in total. The van der Waals surface area contributed by atoms with E-state index in [1.807, 2.05) is 31.2 Å². The number of benzene rings is 2. The first-order valence-corrected chi connectivity index (χ1v) is 12.1. The molecule has 2 aromatic rings. The molecule has 1 unspecified atom stereocenters. The van der Waals surface area contributed by atoms with E-state index in [0.29, 0.717) is 44.3 Å². The molecule has 2 aromatic carbocycles. The van der Waals surface area contributed by atoms with Crippen LogP contribution in [-0.4, -0.2) is 37.6 Å². The van der Waals surface area contributed by atoms with Crippen LogP contribution in [0.15, 0.2) is 47.4 Å². The van der Waals surface area contributed by atoms with Crippen molar-refractivity contribution in [2.24, 2.45) is 5.92 Å². The SMILES string of the molecule is Cc1ccccc1NC(=O)C1CCCN(S(=O)(=O)c2ccc3c(c2)CCCC(=O)N3)C1. The molecule has 2 amide bonds. The number of anilines is 2. The van der Waals surface area contributed by atoms with Crippen molar-refractivity contribution in [2.45, 2.75) is 43.9 Å². The van der Waals surface area contributed by atoms with Crippen molar-refractivity contribution in [3.05, 3.63) is 53.6 Å². The Labute approximate surface area is 182 Å². The molecule has 2 heterocycles. The standard InChI is InChI=1S/C23H27N3O4S/c1-16-6-2-3-9-20(16)25-23(28)18-8-5-13-26(15-18)31(29,30)19-11-12-21-17(14-19)7-4-10-22(27)24-21/h2-3,6,9,11-12,14,18H,4-5,7-8,10,13,15H2,1H3,(H,24,27)(H,25,28). The fraction of sp³-hybridized carbons (Fsp3) is 0.391. The molecule has 1 saturated heterocycles. The summed E-state index contributed by atoms with van der Waals surface area (Å²) in [4.78, 5) is 24.8. The Morgan fingerprint density at radius 2 is 1.94 bits per heavy atom. The summed E-state index contributed by atoms with van der Waals surface area (Å²) in [6, 6.07) is 12.4. The maximum atomic E-state index is 13.3. The summed E-state index contributed by atoms with van der Waals surface area (Å²) in [5.41, 5.74) is 3.22. The number of para-hydroxylation sites is 1. The predicted octanol–water partition coefficient (Wildman–Crippen LogP) is 3.31. The first-order valence-electron chi connectivity index (χ1n) is 10.6. The van der Waals surface area contributed by atoms with Gasteiger partial charge in [0.2, 0.25) is 21.8 Å². The van der Waals surface area contributed by atoms with E-state index < -0.39 is 15.9 Å². The van der Waals surface area contributed by atoms with Crippen LogP contribution in [-0.2, 0) is 26.0 Å². The molecule has 7 nitrogen and oxygen atoms in total. The highest BCUT2D eigenvalue weighted by atomic mass is 32.2. The van der Waals surface area contributed by atoms with E-state index in [-0.39, 0.29) is 23.3 Å². The van der Waals surface area contributed by atoms with Gasteiger partial charge in [0.15, 0.2) is 0 Å². The predicted molar refractivity (Wildman–Crippen MR) is 119 cm³/mol. The fourth-order valence-corrected chi connectivity index (χ4v) is 5.76. The zero-order valence-corrected chi connectivity index (χ0v) is 18.4. The van der Waals surface area contributed by atoms with Crippen LogP contribution in [0.25, 0.3) is 0 Å². The quantitative estimate of drug-likeness (QED) is 0.761. The summed E-state index contributed by atoms with van der Waals surface area (Å²) >= 11 is 0. The summed E-state index contributed by atoms with van der Waals surface area (Å²) in [5.74, 6) is -0.602. The molecule has 0 bridgehead atoms. The smallest absolute Gasteiger partial charge is 0.243 e. The third-order valence-electron chi connectivity index (χ3n) is 6.00. The molecule has 164 valence electrons. The van der Waals surface area contributed by atoms with Crippen LogP contribution in [0, 0.1) is 12.8 Å². The maximum absolute atomic E-state index is 13.3. The Bertz CT molecular complexity index is 1110. The Morgan fingerprint density at radius 1 is 1.13 bits per heavy atom. The molecule has 0 saturated carbocycles.